The predicted octanol–water partition coefficient (Wildman–Crippen LogP) is 5.55. The van der Waals surface area contributed by atoms with Crippen LogP contribution in [-0.2, 0) is 17.2 Å². The van der Waals surface area contributed by atoms with Crippen LogP contribution in [0.2, 0.25) is 0 Å². The third-order valence-electron chi connectivity index (χ3n) is 5.89. The fourth-order valence-electron chi connectivity index (χ4n) is 4.03. The highest BCUT2D eigenvalue weighted by atomic mass is 32.1. The molecule has 6 nitrogen and oxygen atoms in total. The number of nitrogens with zero attached hydrogens (tertiary/aromatic N) is 3. The lowest BCUT2D eigenvalue weighted by atomic mass is 10.0. The summed E-state index contributed by atoms with van der Waals surface area (Å²) in [5, 5.41) is 4.18. The standard InChI is InChI=1S/C26H24F2N4O2S/c1-26(27,28)19-6-2-5-18(14-19)22-9-8-17-4-3-7-21(23(17)30-22)24(33)31-25-29-15-20(35-25)16-32-10-12-34-13-11-32/h2-9,14-15H,10-13,16H2,1H3,(H,29,31,33). The summed E-state index contributed by atoms with van der Waals surface area (Å²) in [5.74, 6) is -3.27. The Labute approximate surface area is 205 Å². The van der Waals surface area contributed by atoms with Crippen LogP contribution in [0.25, 0.3) is 22.2 Å². The number of ether oxygens (including phenoxy) is 1. The molecule has 1 fully saturated rings. The number of anilines is 1. The van der Waals surface area contributed by atoms with Crippen molar-refractivity contribution in [3.05, 3.63) is 76.8 Å². The molecule has 9 heteroatoms. The number of thiazole rings is 1. The van der Waals surface area contributed by atoms with E-state index >= 15 is 0 Å². The molecule has 1 aliphatic heterocycles. The van der Waals surface area contributed by atoms with Crippen LogP contribution in [0.1, 0.15) is 27.7 Å². The molecule has 2 aromatic carbocycles. The fraction of sp³-hybridized carbons (Fsp3) is 0.269. The number of carbonyl (C=O) groups excluding carboxylic acids is 1. The Bertz CT molecular complexity index is 1360. The summed E-state index contributed by atoms with van der Waals surface area (Å²) in [5.41, 5.74) is 1.90. The Morgan fingerprint density at radius 3 is 2.74 bits per heavy atom. The van der Waals surface area contributed by atoms with Crippen LogP contribution in [0.5, 0.6) is 0 Å². The summed E-state index contributed by atoms with van der Waals surface area (Å²) in [6.07, 6.45) is 1.78. The lowest BCUT2D eigenvalue weighted by Crippen LogP contribution is -2.35. The third kappa shape index (κ3) is 5.37. The minimum absolute atomic E-state index is 0.0837. The molecule has 35 heavy (non-hydrogen) atoms. The molecule has 0 atom stereocenters. The van der Waals surface area contributed by atoms with Gasteiger partial charge in [0.2, 0.25) is 0 Å². The molecule has 0 radical (unpaired) electrons. The molecular formula is C26H24F2N4O2S. The summed E-state index contributed by atoms with van der Waals surface area (Å²) in [4.78, 5) is 25.5. The van der Waals surface area contributed by atoms with Gasteiger partial charge in [0.25, 0.3) is 11.8 Å². The number of rotatable bonds is 6. The molecule has 1 aliphatic rings. The Hall–Kier alpha value is -3.27. The van der Waals surface area contributed by atoms with Gasteiger partial charge in [-0.1, -0.05) is 36.4 Å². The van der Waals surface area contributed by atoms with E-state index in [9.17, 15) is 13.6 Å². The molecule has 3 heterocycles. The van der Waals surface area contributed by atoms with Crippen LogP contribution in [0.4, 0.5) is 13.9 Å². The average molecular weight is 495 g/mol. The monoisotopic (exact) mass is 494 g/mol. The Morgan fingerprint density at radius 1 is 1.14 bits per heavy atom. The third-order valence-corrected chi connectivity index (χ3v) is 6.78. The molecule has 0 saturated carbocycles. The first kappa shape index (κ1) is 23.5. The normalized spacial score (nSPS) is 14.8. The van der Waals surface area contributed by atoms with Gasteiger partial charge in [0.15, 0.2) is 5.13 Å². The van der Waals surface area contributed by atoms with E-state index in [1.54, 1.807) is 36.5 Å². The van der Waals surface area contributed by atoms with E-state index in [4.69, 9.17) is 4.74 Å². The van der Waals surface area contributed by atoms with Crippen molar-refractivity contribution in [2.45, 2.75) is 19.4 Å². The van der Waals surface area contributed by atoms with Crippen LogP contribution in [0, 0.1) is 0 Å². The number of alkyl halides is 2. The largest absolute Gasteiger partial charge is 0.379 e. The summed E-state index contributed by atoms with van der Waals surface area (Å²) in [6, 6.07) is 15.1. The zero-order chi connectivity index (χ0) is 24.4. The Kier molecular flexibility index (Phi) is 6.55. The van der Waals surface area contributed by atoms with Crippen LogP contribution in [-0.4, -0.2) is 47.1 Å². The van der Waals surface area contributed by atoms with Gasteiger partial charge in [-0.3, -0.25) is 15.0 Å². The zero-order valence-corrected chi connectivity index (χ0v) is 19.9. The maximum Gasteiger partial charge on any atom is 0.270 e. The van der Waals surface area contributed by atoms with E-state index < -0.39 is 5.92 Å². The van der Waals surface area contributed by atoms with Crippen molar-refractivity contribution < 1.29 is 18.3 Å². The van der Waals surface area contributed by atoms with Gasteiger partial charge in [-0.05, 0) is 18.2 Å². The second-order valence-corrected chi connectivity index (χ2v) is 9.63. The van der Waals surface area contributed by atoms with Gasteiger partial charge < -0.3 is 4.74 Å². The van der Waals surface area contributed by atoms with E-state index in [0.29, 0.717) is 27.5 Å². The van der Waals surface area contributed by atoms with E-state index in [1.807, 2.05) is 12.1 Å². The number of hydrogen-bond donors (Lipinski definition) is 1. The van der Waals surface area contributed by atoms with E-state index in [-0.39, 0.29) is 11.5 Å². The first-order valence-corrected chi connectivity index (χ1v) is 12.1. The predicted molar refractivity (Wildman–Crippen MR) is 133 cm³/mol. The fourth-order valence-corrected chi connectivity index (χ4v) is 4.88. The van der Waals surface area contributed by atoms with Crippen LogP contribution >= 0.6 is 11.3 Å². The smallest absolute Gasteiger partial charge is 0.270 e. The number of pyridine rings is 1. The average Bonchev–Trinajstić information content (AvgIpc) is 3.30. The SMILES string of the molecule is CC(F)(F)c1cccc(-c2ccc3cccc(C(=O)Nc4ncc(CN5CCOCC5)s4)c3n2)c1. The quantitative estimate of drug-likeness (QED) is 0.380. The van der Waals surface area contributed by atoms with Crippen molar-refractivity contribution in [1.82, 2.24) is 14.9 Å². The van der Waals surface area contributed by atoms with Crippen molar-refractivity contribution in [1.29, 1.82) is 0 Å². The molecule has 180 valence electrons. The molecule has 4 aromatic rings. The van der Waals surface area contributed by atoms with Crippen molar-refractivity contribution in [3.8, 4) is 11.3 Å². The molecule has 1 saturated heterocycles. The number of hydrogen-bond acceptors (Lipinski definition) is 6. The van der Waals surface area contributed by atoms with Gasteiger partial charge >= 0.3 is 0 Å². The minimum Gasteiger partial charge on any atom is -0.379 e. The molecule has 0 spiro atoms. The van der Waals surface area contributed by atoms with Crippen molar-refractivity contribution in [2.75, 3.05) is 31.6 Å². The molecular weight excluding hydrogens is 470 g/mol. The number of aromatic nitrogens is 2. The van der Waals surface area contributed by atoms with Gasteiger partial charge in [0.1, 0.15) is 0 Å². The van der Waals surface area contributed by atoms with E-state index in [0.717, 1.165) is 50.0 Å². The molecule has 0 unspecified atom stereocenters. The maximum absolute atomic E-state index is 13.8. The van der Waals surface area contributed by atoms with Crippen molar-refractivity contribution in [3.63, 3.8) is 0 Å². The van der Waals surface area contributed by atoms with Crippen molar-refractivity contribution in [2.24, 2.45) is 0 Å². The van der Waals surface area contributed by atoms with Crippen LogP contribution in [0.3, 0.4) is 0 Å². The number of nitrogens with one attached hydrogen (secondary N) is 1. The van der Waals surface area contributed by atoms with Gasteiger partial charge in [-0.25, -0.2) is 18.7 Å². The number of halogens is 2. The second kappa shape index (κ2) is 9.77. The van der Waals surface area contributed by atoms with Crippen LogP contribution in [0.15, 0.2) is 60.8 Å². The highest BCUT2D eigenvalue weighted by molar-refractivity contribution is 7.15. The zero-order valence-electron chi connectivity index (χ0n) is 19.1. The number of benzene rings is 2. The van der Waals surface area contributed by atoms with Crippen LogP contribution < -0.4 is 5.32 Å². The number of amides is 1. The van der Waals surface area contributed by atoms with E-state index in [2.05, 4.69) is 20.2 Å². The summed E-state index contributed by atoms with van der Waals surface area (Å²) in [6.45, 7) is 4.84. The molecule has 5 rings (SSSR count). The second-order valence-electron chi connectivity index (χ2n) is 8.52. The van der Waals surface area contributed by atoms with Crippen molar-refractivity contribution >= 4 is 33.3 Å². The number of fused-ring (bicyclic) bond motifs is 1. The Balaban J connectivity index is 1.39. The van der Waals surface area contributed by atoms with Gasteiger partial charge in [-0.2, -0.15) is 0 Å². The first-order chi connectivity index (χ1) is 16.9. The lowest BCUT2D eigenvalue weighted by Gasteiger charge is -2.25. The maximum atomic E-state index is 13.8. The summed E-state index contributed by atoms with van der Waals surface area (Å²) < 4.78 is 33.0. The number of para-hydroxylation sites is 1. The topological polar surface area (TPSA) is 67.4 Å². The molecule has 2 aromatic heterocycles. The summed E-state index contributed by atoms with van der Waals surface area (Å²) in [7, 11) is 0. The minimum atomic E-state index is -2.95. The molecule has 1 amide bonds. The van der Waals surface area contributed by atoms with Gasteiger partial charge in [0, 0.05) is 54.1 Å². The Morgan fingerprint density at radius 2 is 1.94 bits per heavy atom. The molecule has 0 bridgehead atoms. The molecule has 1 N–H and O–H groups in total. The first-order valence-electron chi connectivity index (χ1n) is 11.3. The summed E-state index contributed by atoms with van der Waals surface area (Å²) >= 11 is 1.44. The number of morpholine rings is 1. The lowest BCUT2D eigenvalue weighted by molar-refractivity contribution is 0.0175. The highest BCUT2D eigenvalue weighted by Crippen LogP contribution is 2.31. The van der Waals surface area contributed by atoms with Gasteiger partial charge in [0.05, 0.1) is 30.0 Å². The van der Waals surface area contributed by atoms with E-state index in [1.165, 1.54) is 23.5 Å². The number of carbonyl (C=O) groups is 1. The highest BCUT2D eigenvalue weighted by Gasteiger charge is 2.24. The van der Waals surface area contributed by atoms with Gasteiger partial charge in [-0.15, -0.1) is 11.3 Å². The molecule has 0 aliphatic carbocycles.